The van der Waals surface area contributed by atoms with E-state index in [1.165, 1.54) is 12.3 Å². The van der Waals surface area contributed by atoms with Gasteiger partial charge in [0, 0.05) is 36.4 Å². The Morgan fingerprint density at radius 2 is 2.33 bits per heavy atom. The molecule has 0 fully saturated rings. The van der Waals surface area contributed by atoms with E-state index in [1.54, 1.807) is 6.07 Å². The Morgan fingerprint density at radius 1 is 1.50 bits per heavy atom. The zero-order valence-electron chi connectivity index (χ0n) is 13.6. The minimum atomic E-state index is -0.452. The Hall–Kier alpha value is -2.83. The maximum Gasteiger partial charge on any atom is 0.311 e. The monoisotopic (exact) mass is 329 g/mol. The van der Waals surface area contributed by atoms with Crippen molar-refractivity contribution >= 4 is 11.5 Å². The molecule has 0 aliphatic carbocycles. The molecule has 1 N–H and O–H groups in total. The molecule has 0 bridgehead atoms. The van der Waals surface area contributed by atoms with Crippen LogP contribution in [0, 0.1) is 10.1 Å². The van der Waals surface area contributed by atoms with Crippen molar-refractivity contribution in [2.45, 2.75) is 32.9 Å². The molecule has 0 spiro atoms. The Balaban J connectivity index is 1.85. The number of aromatic nitrogens is 1. The molecule has 2 aromatic rings. The van der Waals surface area contributed by atoms with Gasteiger partial charge < -0.3 is 14.8 Å². The number of benzene rings is 1. The third kappa shape index (κ3) is 3.24. The molecule has 0 unspecified atom stereocenters. The maximum atomic E-state index is 11.1. The average Bonchev–Trinajstić information content (AvgIpc) is 2.92. The topological polar surface area (TPSA) is 86.5 Å². The highest BCUT2D eigenvalue weighted by Gasteiger charge is 2.22. The summed E-state index contributed by atoms with van der Waals surface area (Å²) in [6.07, 6.45) is 2.52. The van der Waals surface area contributed by atoms with Crippen LogP contribution in [0.25, 0.3) is 0 Å². The lowest BCUT2D eigenvalue weighted by molar-refractivity contribution is -0.384. The average molecular weight is 329 g/mol. The first-order valence-corrected chi connectivity index (χ1v) is 7.87. The highest BCUT2D eigenvalue weighted by Crippen LogP contribution is 2.35. The second kappa shape index (κ2) is 6.74. The molecule has 3 rings (SSSR count). The number of rotatable bonds is 6. The van der Waals surface area contributed by atoms with Gasteiger partial charge in [-0.1, -0.05) is 0 Å². The number of hydrogen-bond acceptors (Lipinski definition) is 6. The standard InChI is InChI=1S/C17H19N3O4/c1-3-23-15-8-12-7-11(2)24-16(12)9-13(15)10-19-17-14(20(21)22)5-4-6-18-17/h4-6,8-9,11H,3,7,10H2,1-2H3,(H,18,19)/t11-/m0/s1. The van der Waals surface area contributed by atoms with Crippen LogP contribution in [0.4, 0.5) is 11.5 Å². The molecule has 126 valence electrons. The van der Waals surface area contributed by atoms with Crippen molar-refractivity contribution in [2.75, 3.05) is 11.9 Å². The van der Waals surface area contributed by atoms with Gasteiger partial charge in [-0.25, -0.2) is 4.98 Å². The third-order valence-corrected chi connectivity index (χ3v) is 3.81. The molecule has 0 radical (unpaired) electrons. The van der Waals surface area contributed by atoms with Crippen LogP contribution in [0.15, 0.2) is 30.5 Å². The lowest BCUT2D eigenvalue weighted by Gasteiger charge is -2.13. The van der Waals surface area contributed by atoms with Crippen LogP contribution in [-0.4, -0.2) is 22.6 Å². The third-order valence-electron chi connectivity index (χ3n) is 3.81. The van der Waals surface area contributed by atoms with E-state index >= 15 is 0 Å². The molecule has 0 saturated heterocycles. The van der Waals surface area contributed by atoms with Crippen LogP contribution in [0.1, 0.15) is 25.0 Å². The molecular formula is C17H19N3O4. The minimum absolute atomic E-state index is 0.0542. The highest BCUT2D eigenvalue weighted by molar-refractivity contribution is 5.56. The predicted octanol–water partition coefficient (Wildman–Crippen LogP) is 3.32. The summed E-state index contributed by atoms with van der Waals surface area (Å²) in [6.45, 7) is 4.85. The van der Waals surface area contributed by atoms with Gasteiger partial charge in [-0.05, 0) is 32.0 Å². The Kier molecular flexibility index (Phi) is 4.50. The van der Waals surface area contributed by atoms with Gasteiger partial charge in [-0.3, -0.25) is 10.1 Å². The number of fused-ring (bicyclic) bond motifs is 1. The zero-order valence-corrected chi connectivity index (χ0v) is 13.6. The second-order valence-electron chi connectivity index (χ2n) is 5.62. The second-order valence-corrected chi connectivity index (χ2v) is 5.62. The molecule has 1 aromatic heterocycles. The zero-order chi connectivity index (χ0) is 17.1. The van der Waals surface area contributed by atoms with E-state index in [0.29, 0.717) is 13.2 Å². The van der Waals surface area contributed by atoms with Crippen LogP contribution >= 0.6 is 0 Å². The lowest BCUT2D eigenvalue weighted by Crippen LogP contribution is -2.07. The number of anilines is 1. The Bertz CT molecular complexity index is 763. The number of hydrogen-bond donors (Lipinski definition) is 1. The highest BCUT2D eigenvalue weighted by atomic mass is 16.6. The van der Waals surface area contributed by atoms with E-state index in [1.807, 2.05) is 26.0 Å². The van der Waals surface area contributed by atoms with E-state index in [-0.39, 0.29) is 17.6 Å². The summed E-state index contributed by atoms with van der Waals surface area (Å²) in [7, 11) is 0. The van der Waals surface area contributed by atoms with Crippen molar-refractivity contribution in [1.29, 1.82) is 0 Å². The molecule has 0 saturated carbocycles. The van der Waals surface area contributed by atoms with Crippen LogP contribution in [0.5, 0.6) is 11.5 Å². The fourth-order valence-electron chi connectivity index (χ4n) is 2.77. The van der Waals surface area contributed by atoms with Gasteiger partial charge in [0.25, 0.3) is 0 Å². The van der Waals surface area contributed by atoms with Gasteiger partial charge in [0.1, 0.15) is 17.6 Å². The first kappa shape index (κ1) is 16.0. The van der Waals surface area contributed by atoms with E-state index in [4.69, 9.17) is 9.47 Å². The molecular weight excluding hydrogens is 310 g/mol. The number of ether oxygens (including phenoxy) is 2. The molecule has 2 heterocycles. The largest absolute Gasteiger partial charge is 0.494 e. The van der Waals surface area contributed by atoms with Crippen molar-refractivity contribution in [3.8, 4) is 11.5 Å². The van der Waals surface area contributed by atoms with E-state index in [9.17, 15) is 10.1 Å². The smallest absolute Gasteiger partial charge is 0.311 e. The van der Waals surface area contributed by atoms with Crippen LogP contribution < -0.4 is 14.8 Å². The van der Waals surface area contributed by atoms with Crippen LogP contribution in [-0.2, 0) is 13.0 Å². The first-order chi connectivity index (χ1) is 11.6. The first-order valence-electron chi connectivity index (χ1n) is 7.87. The molecule has 1 aliphatic rings. The number of nitro groups is 1. The summed E-state index contributed by atoms with van der Waals surface area (Å²) in [5.41, 5.74) is 1.95. The van der Waals surface area contributed by atoms with Gasteiger partial charge in [0.05, 0.1) is 11.5 Å². The molecule has 1 aliphatic heterocycles. The number of nitrogens with one attached hydrogen (secondary N) is 1. The fraction of sp³-hybridized carbons (Fsp3) is 0.353. The summed E-state index contributed by atoms with van der Waals surface area (Å²) >= 11 is 0. The molecule has 7 heteroatoms. The van der Waals surface area contributed by atoms with Gasteiger partial charge in [0.15, 0.2) is 0 Å². The Morgan fingerprint density at radius 3 is 3.08 bits per heavy atom. The fourth-order valence-corrected chi connectivity index (χ4v) is 2.77. The van der Waals surface area contributed by atoms with Crippen LogP contribution in [0.2, 0.25) is 0 Å². The van der Waals surface area contributed by atoms with Crippen LogP contribution in [0.3, 0.4) is 0 Å². The van der Waals surface area contributed by atoms with Gasteiger partial charge in [-0.15, -0.1) is 0 Å². The van der Waals surface area contributed by atoms with Crippen molar-refractivity contribution in [3.05, 3.63) is 51.7 Å². The molecule has 7 nitrogen and oxygen atoms in total. The minimum Gasteiger partial charge on any atom is -0.494 e. The molecule has 1 aromatic carbocycles. The summed E-state index contributed by atoms with van der Waals surface area (Å²) < 4.78 is 11.5. The number of pyridine rings is 1. The molecule has 0 amide bonds. The summed E-state index contributed by atoms with van der Waals surface area (Å²) in [5.74, 6) is 1.85. The van der Waals surface area contributed by atoms with E-state index in [2.05, 4.69) is 10.3 Å². The Labute approximate surface area is 139 Å². The van der Waals surface area contributed by atoms with Gasteiger partial charge in [0.2, 0.25) is 5.82 Å². The summed E-state index contributed by atoms with van der Waals surface area (Å²) in [5, 5.41) is 14.1. The summed E-state index contributed by atoms with van der Waals surface area (Å²) in [4.78, 5) is 14.7. The quantitative estimate of drug-likeness (QED) is 0.646. The van der Waals surface area contributed by atoms with Gasteiger partial charge >= 0.3 is 5.69 Å². The van der Waals surface area contributed by atoms with E-state index < -0.39 is 4.92 Å². The molecule has 1 atom stereocenters. The number of nitrogens with zero attached hydrogens (tertiary/aromatic N) is 2. The summed E-state index contributed by atoms with van der Waals surface area (Å²) in [6, 6.07) is 6.89. The molecule has 24 heavy (non-hydrogen) atoms. The predicted molar refractivity (Wildman–Crippen MR) is 89.6 cm³/mol. The SMILES string of the molecule is CCOc1cc2c(cc1CNc1ncccc1[N+](=O)[O-])O[C@@H](C)C2. The van der Waals surface area contributed by atoms with Crippen molar-refractivity contribution in [2.24, 2.45) is 0 Å². The lowest BCUT2D eigenvalue weighted by atomic mass is 10.1. The van der Waals surface area contributed by atoms with Gasteiger partial charge in [-0.2, -0.15) is 0 Å². The van der Waals surface area contributed by atoms with Crippen molar-refractivity contribution < 1.29 is 14.4 Å². The normalized spacial score (nSPS) is 15.5. The van der Waals surface area contributed by atoms with Crippen molar-refractivity contribution in [1.82, 2.24) is 4.98 Å². The van der Waals surface area contributed by atoms with E-state index in [0.717, 1.165) is 29.0 Å². The maximum absolute atomic E-state index is 11.1. The van der Waals surface area contributed by atoms with Crippen molar-refractivity contribution in [3.63, 3.8) is 0 Å².